The maximum absolute atomic E-state index is 8.84. The molecule has 1 aliphatic rings. The lowest BCUT2D eigenvalue weighted by atomic mass is 10.1. The first-order valence-corrected chi connectivity index (χ1v) is 7.15. The molecule has 0 aromatic heterocycles. The van der Waals surface area contributed by atoms with Gasteiger partial charge in [0.25, 0.3) is 0 Å². The number of nitrogens with zero attached hydrogens (tertiary/aromatic N) is 3. The Morgan fingerprint density at radius 3 is 2.53 bits per heavy atom. The fourth-order valence-corrected chi connectivity index (χ4v) is 2.79. The maximum atomic E-state index is 8.84. The van der Waals surface area contributed by atoms with Crippen LogP contribution in [0.1, 0.15) is 46.0 Å². The van der Waals surface area contributed by atoms with Crippen molar-refractivity contribution in [1.82, 2.24) is 9.80 Å². The molecule has 17 heavy (non-hydrogen) atoms. The van der Waals surface area contributed by atoms with E-state index in [9.17, 15) is 0 Å². The summed E-state index contributed by atoms with van der Waals surface area (Å²) in [5.74, 6) is 0. The SMILES string of the molecule is CCCN(CCC)[C@H]1CCCCN(CC#N)C1. The third-order valence-electron chi connectivity index (χ3n) is 3.56. The Labute approximate surface area is 106 Å². The zero-order chi connectivity index (χ0) is 12.5. The van der Waals surface area contributed by atoms with Crippen LogP contribution in [0.5, 0.6) is 0 Å². The topological polar surface area (TPSA) is 30.3 Å². The highest BCUT2D eigenvalue weighted by atomic mass is 15.2. The number of likely N-dealkylation sites (tertiary alicyclic amines) is 1. The lowest BCUT2D eigenvalue weighted by molar-refractivity contribution is 0.151. The molecule has 3 heteroatoms. The second-order valence-electron chi connectivity index (χ2n) is 5.08. The second kappa shape index (κ2) is 8.49. The van der Waals surface area contributed by atoms with E-state index in [1.807, 2.05) is 0 Å². The van der Waals surface area contributed by atoms with Gasteiger partial charge in [0.15, 0.2) is 0 Å². The van der Waals surface area contributed by atoms with Crippen molar-refractivity contribution >= 4 is 0 Å². The summed E-state index contributed by atoms with van der Waals surface area (Å²) in [7, 11) is 0. The highest BCUT2D eigenvalue weighted by molar-refractivity contribution is 4.84. The Bertz CT molecular complexity index is 228. The predicted octanol–water partition coefficient (Wildman–Crippen LogP) is 2.49. The molecule has 0 aromatic rings. The van der Waals surface area contributed by atoms with Crippen LogP contribution < -0.4 is 0 Å². The van der Waals surface area contributed by atoms with Gasteiger partial charge in [-0.2, -0.15) is 5.26 Å². The number of rotatable bonds is 6. The van der Waals surface area contributed by atoms with Crippen LogP contribution in [0.25, 0.3) is 0 Å². The molecule has 0 spiro atoms. The van der Waals surface area contributed by atoms with Crippen molar-refractivity contribution in [3.63, 3.8) is 0 Å². The van der Waals surface area contributed by atoms with Crippen molar-refractivity contribution in [3.05, 3.63) is 0 Å². The largest absolute Gasteiger partial charge is 0.299 e. The van der Waals surface area contributed by atoms with Gasteiger partial charge in [0.2, 0.25) is 0 Å². The van der Waals surface area contributed by atoms with Crippen LogP contribution >= 0.6 is 0 Å². The van der Waals surface area contributed by atoms with Crippen molar-refractivity contribution in [2.45, 2.75) is 52.0 Å². The van der Waals surface area contributed by atoms with Crippen molar-refractivity contribution < 1.29 is 0 Å². The van der Waals surface area contributed by atoms with Crippen molar-refractivity contribution in [2.75, 3.05) is 32.7 Å². The van der Waals surface area contributed by atoms with E-state index in [2.05, 4.69) is 29.7 Å². The fraction of sp³-hybridized carbons (Fsp3) is 0.929. The minimum absolute atomic E-state index is 0.600. The zero-order valence-electron chi connectivity index (χ0n) is 11.5. The van der Waals surface area contributed by atoms with Crippen LogP contribution in [-0.4, -0.2) is 48.6 Å². The van der Waals surface area contributed by atoms with Crippen LogP contribution in [0.4, 0.5) is 0 Å². The van der Waals surface area contributed by atoms with Gasteiger partial charge in [0.05, 0.1) is 12.6 Å². The van der Waals surface area contributed by atoms with E-state index in [-0.39, 0.29) is 0 Å². The number of hydrogen-bond donors (Lipinski definition) is 0. The third-order valence-corrected chi connectivity index (χ3v) is 3.56. The molecule has 1 heterocycles. The second-order valence-corrected chi connectivity index (χ2v) is 5.08. The summed E-state index contributed by atoms with van der Waals surface area (Å²) in [4.78, 5) is 4.96. The molecular formula is C14H27N3. The van der Waals surface area contributed by atoms with Gasteiger partial charge in [0.1, 0.15) is 0 Å². The van der Waals surface area contributed by atoms with Crippen LogP contribution in [0.2, 0.25) is 0 Å². The molecule has 0 saturated carbocycles. The molecule has 1 atom stereocenters. The monoisotopic (exact) mass is 237 g/mol. The first-order valence-electron chi connectivity index (χ1n) is 7.15. The van der Waals surface area contributed by atoms with E-state index in [4.69, 9.17) is 5.26 Å². The highest BCUT2D eigenvalue weighted by Gasteiger charge is 2.22. The Morgan fingerprint density at radius 2 is 1.94 bits per heavy atom. The molecule has 0 bridgehead atoms. The van der Waals surface area contributed by atoms with Gasteiger partial charge in [-0.05, 0) is 45.3 Å². The minimum atomic E-state index is 0.600. The van der Waals surface area contributed by atoms with Crippen molar-refractivity contribution in [1.29, 1.82) is 5.26 Å². The van der Waals surface area contributed by atoms with Crippen molar-refractivity contribution in [3.8, 4) is 6.07 Å². The molecule has 0 radical (unpaired) electrons. The number of nitriles is 1. The molecule has 1 rings (SSSR count). The van der Waals surface area contributed by atoms with Crippen LogP contribution in [0.15, 0.2) is 0 Å². The van der Waals surface area contributed by atoms with Crippen LogP contribution in [0, 0.1) is 11.3 Å². The molecule has 0 aliphatic carbocycles. The fourth-order valence-electron chi connectivity index (χ4n) is 2.79. The smallest absolute Gasteiger partial charge is 0.0866 e. The molecule has 1 fully saturated rings. The van der Waals surface area contributed by atoms with E-state index in [0.717, 1.165) is 13.1 Å². The molecule has 0 N–H and O–H groups in total. The van der Waals surface area contributed by atoms with Crippen LogP contribution in [-0.2, 0) is 0 Å². The summed E-state index contributed by atoms with van der Waals surface area (Å²) < 4.78 is 0. The molecule has 0 aromatic carbocycles. The van der Waals surface area contributed by atoms with Gasteiger partial charge in [0, 0.05) is 12.6 Å². The molecular weight excluding hydrogens is 210 g/mol. The quantitative estimate of drug-likeness (QED) is 0.665. The summed E-state index contributed by atoms with van der Waals surface area (Å²) in [5.41, 5.74) is 0. The summed E-state index contributed by atoms with van der Waals surface area (Å²) in [5, 5.41) is 8.84. The Morgan fingerprint density at radius 1 is 1.24 bits per heavy atom. The highest BCUT2D eigenvalue weighted by Crippen LogP contribution is 2.16. The maximum Gasteiger partial charge on any atom is 0.0866 e. The van der Waals surface area contributed by atoms with Gasteiger partial charge >= 0.3 is 0 Å². The number of hydrogen-bond acceptors (Lipinski definition) is 3. The first-order chi connectivity index (χ1) is 8.31. The Hall–Kier alpha value is -0.590. The molecule has 3 nitrogen and oxygen atoms in total. The molecule has 98 valence electrons. The lowest BCUT2D eigenvalue weighted by Crippen LogP contribution is -2.43. The summed E-state index contributed by atoms with van der Waals surface area (Å²) in [6.07, 6.45) is 6.34. The van der Waals surface area contributed by atoms with Crippen LogP contribution in [0.3, 0.4) is 0 Å². The summed E-state index contributed by atoms with van der Waals surface area (Å²) in [6, 6.07) is 2.97. The predicted molar refractivity (Wildman–Crippen MR) is 71.8 cm³/mol. The molecule has 0 unspecified atom stereocenters. The Kier molecular flexibility index (Phi) is 7.23. The lowest BCUT2D eigenvalue weighted by Gasteiger charge is -2.32. The van der Waals surface area contributed by atoms with E-state index in [1.54, 1.807) is 0 Å². The summed E-state index contributed by atoms with van der Waals surface area (Å²) >= 11 is 0. The summed E-state index contributed by atoms with van der Waals surface area (Å²) in [6.45, 7) is 9.73. The third kappa shape index (κ3) is 5.06. The molecule has 0 amide bonds. The van der Waals surface area contributed by atoms with E-state index in [0.29, 0.717) is 12.6 Å². The van der Waals surface area contributed by atoms with Crippen molar-refractivity contribution in [2.24, 2.45) is 0 Å². The van der Waals surface area contributed by atoms with Gasteiger partial charge in [-0.25, -0.2) is 0 Å². The average Bonchev–Trinajstić information content (AvgIpc) is 2.55. The van der Waals surface area contributed by atoms with E-state index >= 15 is 0 Å². The Balaban J connectivity index is 2.55. The van der Waals surface area contributed by atoms with E-state index < -0.39 is 0 Å². The zero-order valence-corrected chi connectivity index (χ0v) is 11.5. The standard InChI is InChI=1S/C14H27N3/c1-3-9-17(10-4-2)14-7-5-6-11-16(13-14)12-8-15/h14H,3-7,9-13H2,1-2H3/t14-/m0/s1. The molecule has 1 aliphatic heterocycles. The van der Waals surface area contributed by atoms with Gasteiger partial charge in [-0.1, -0.05) is 20.3 Å². The molecule has 1 saturated heterocycles. The van der Waals surface area contributed by atoms with Gasteiger partial charge in [-0.3, -0.25) is 9.80 Å². The first kappa shape index (κ1) is 14.5. The van der Waals surface area contributed by atoms with Gasteiger partial charge in [-0.15, -0.1) is 0 Å². The van der Waals surface area contributed by atoms with Gasteiger partial charge < -0.3 is 0 Å². The minimum Gasteiger partial charge on any atom is -0.299 e. The normalized spacial score (nSPS) is 22.4. The van der Waals surface area contributed by atoms with E-state index in [1.165, 1.54) is 45.2 Å². The average molecular weight is 237 g/mol.